The fourth-order valence-corrected chi connectivity index (χ4v) is 5.38. The fraction of sp³-hybridized carbons (Fsp3) is 0.393. The number of nitrogens with one attached hydrogen (secondary N) is 1. The van der Waals surface area contributed by atoms with Gasteiger partial charge < -0.3 is 19.5 Å². The van der Waals surface area contributed by atoms with Crippen LogP contribution >= 0.6 is 0 Å². The maximum Gasteiger partial charge on any atom is 0.287 e. The van der Waals surface area contributed by atoms with E-state index in [4.69, 9.17) is 4.42 Å². The van der Waals surface area contributed by atoms with Crippen molar-refractivity contribution >= 4 is 34.5 Å². The van der Waals surface area contributed by atoms with Gasteiger partial charge >= 0.3 is 0 Å². The third-order valence-corrected chi connectivity index (χ3v) is 7.06. The van der Waals surface area contributed by atoms with Gasteiger partial charge in [0.25, 0.3) is 5.91 Å². The molecule has 0 spiro atoms. The molecule has 1 aromatic carbocycles. The number of likely N-dealkylation sites (tertiary alicyclic amines) is 2. The molecule has 9 nitrogen and oxygen atoms in total. The van der Waals surface area contributed by atoms with E-state index < -0.39 is 18.0 Å². The van der Waals surface area contributed by atoms with Crippen molar-refractivity contribution < 1.29 is 23.6 Å². The van der Waals surface area contributed by atoms with E-state index in [-0.39, 0.29) is 48.3 Å². The third-order valence-electron chi connectivity index (χ3n) is 7.06. The molecule has 2 aliphatic heterocycles. The number of ketones is 1. The van der Waals surface area contributed by atoms with E-state index >= 15 is 0 Å². The molecule has 3 aromatic rings. The second-order valence-corrected chi connectivity index (χ2v) is 10.2. The number of Topliss-reactive ketones (excluding diaryl/α,β-unsaturated/α-hetero) is 1. The minimum absolute atomic E-state index is 0.0155. The monoisotopic (exact) mass is 502 g/mol. The number of carbonyl (C=O) groups is 4. The topological polar surface area (TPSA) is 113 Å². The van der Waals surface area contributed by atoms with Gasteiger partial charge in [-0.15, -0.1) is 0 Å². The molecule has 2 saturated heterocycles. The Kier molecular flexibility index (Phi) is 6.78. The Balaban J connectivity index is 1.30. The molecule has 3 amide bonds. The molecule has 5 rings (SSSR count). The van der Waals surface area contributed by atoms with Gasteiger partial charge in [-0.1, -0.05) is 38.1 Å². The molecule has 37 heavy (non-hydrogen) atoms. The molecule has 0 bridgehead atoms. The quantitative estimate of drug-likeness (QED) is 0.532. The van der Waals surface area contributed by atoms with Crippen LogP contribution in [-0.2, 0) is 20.8 Å². The van der Waals surface area contributed by atoms with E-state index in [0.29, 0.717) is 25.0 Å². The van der Waals surface area contributed by atoms with Crippen molar-refractivity contribution in [1.82, 2.24) is 20.1 Å². The summed E-state index contributed by atoms with van der Waals surface area (Å²) in [7, 11) is 0. The number of benzene rings is 1. The Hall–Kier alpha value is -4.01. The Morgan fingerprint density at radius 1 is 1.14 bits per heavy atom. The van der Waals surface area contributed by atoms with E-state index in [9.17, 15) is 19.2 Å². The number of hydrogen-bond donors (Lipinski definition) is 1. The summed E-state index contributed by atoms with van der Waals surface area (Å²) in [6.45, 7) is 4.28. The van der Waals surface area contributed by atoms with Crippen LogP contribution in [0.5, 0.6) is 0 Å². The normalized spacial score (nSPS) is 19.9. The summed E-state index contributed by atoms with van der Waals surface area (Å²) in [4.78, 5) is 60.0. The lowest BCUT2D eigenvalue weighted by molar-refractivity contribution is -0.138. The molecular weight excluding hydrogens is 472 g/mol. The van der Waals surface area contributed by atoms with E-state index in [0.717, 1.165) is 10.9 Å². The van der Waals surface area contributed by atoms with Crippen molar-refractivity contribution in [2.45, 2.75) is 51.2 Å². The predicted molar refractivity (Wildman–Crippen MR) is 135 cm³/mol. The Bertz CT molecular complexity index is 1300. The first-order valence-electron chi connectivity index (χ1n) is 12.6. The van der Waals surface area contributed by atoms with Gasteiger partial charge in [-0.25, -0.2) is 0 Å². The third kappa shape index (κ3) is 4.98. The zero-order chi connectivity index (χ0) is 26.1. The molecule has 3 unspecified atom stereocenters. The van der Waals surface area contributed by atoms with Crippen molar-refractivity contribution in [3.63, 3.8) is 0 Å². The van der Waals surface area contributed by atoms with Crippen LogP contribution in [0.3, 0.4) is 0 Å². The number of nitrogens with zero attached hydrogens (tertiary/aromatic N) is 3. The van der Waals surface area contributed by atoms with Crippen LogP contribution in [0.4, 0.5) is 0 Å². The van der Waals surface area contributed by atoms with Gasteiger partial charge in [-0.05, 0) is 42.5 Å². The highest BCUT2D eigenvalue weighted by Crippen LogP contribution is 2.31. The van der Waals surface area contributed by atoms with Gasteiger partial charge in [-0.2, -0.15) is 0 Å². The molecule has 3 atom stereocenters. The maximum absolute atomic E-state index is 13.7. The molecule has 192 valence electrons. The van der Waals surface area contributed by atoms with E-state index in [1.165, 1.54) is 0 Å². The summed E-state index contributed by atoms with van der Waals surface area (Å²) in [5.74, 6) is -0.828. The first-order chi connectivity index (χ1) is 17.8. The number of amides is 3. The largest absolute Gasteiger partial charge is 0.451 e. The number of hydrogen-bond acceptors (Lipinski definition) is 6. The standard InChI is InChI=1S/C28H30N4O5/c1-17(2)12-20(30-27(35)24-14-19-7-3-4-8-23(19)37-24)28(36)31-11-9-21-26(31)22(33)16-32(21)25(34)13-18-6-5-10-29-15-18/h3-8,10,14-15,17,20-21,26H,9,11-13,16H2,1-2H3,(H,30,35). The van der Waals surface area contributed by atoms with E-state index in [1.807, 2.05) is 38.1 Å². The smallest absolute Gasteiger partial charge is 0.287 e. The van der Waals surface area contributed by atoms with E-state index in [2.05, 4.69) is 10.3 Å². The molecule has 0 aliphatic carbocycles. The average molecular weight is 503 g/mol. The van der Waals surface area contributed by atoms with Gasteiger partial charge in [0.05, 0.1) is 19.0 Å². The van der Waals surface area contributed by atoms with Gasteiger partial charge in [-0.3, -0.25) is 24.2 Å². The van der Waals surface area contributed by atoms with E-state index in [1.54, 1.807) is 40.4 Å². The Morgan fingerprint density at radius 2 is 1.95 bits per heavy atom. The van der Waals surface area contributed by atoms with Gasteiger partial charge in [0.2, 0.25) is 11.8 Å². The number of aromatic nitrogens is 1. The molecule has 0 radical (unpaired) electrons. The number of pyridine rings is 1. The molecule has 2 fully saturated rings. The Morgan fingerprint density at radius 3 is 2.68 bits per heavy atom. The minimum Gasteiger partial charge on any atom is -0.451 e. The number of carbonyl (C=O) groups excluding carboxylic acids is 4. The lowest BCUT2D eigenvalue weighted by Gasteiger charge is -2.29. The number of para-hydroxylation sites is 1. The summed E-state index contributed by atoms with van der Waals surface area (Å²) in [6, 6.07) is 10.7. The van der Waals surface area contributed by atoms with Crippen LogP contribution in [0.15, 0.2) is 59.3 Å². The fourth-order valence-electron chi connectivity index (χ4n) is 5.38. The van der Waals surface area contributed by atoms with Crippen LogP contribution in [0.1, 0.15) is 42.8 Å². The lowest BCUT2D eigenvalue weighted by atomic mass is 10.0. The maximum atomic E-state index is 13.7. The van der Waals surface area contributed by atoms with Gasteiger partial charge in [0.15, 0.2) is 11.5 Å². The summed E-state index contributed by atoms with van der Waals surface area (Å²) in [5, 5.41) is 3.64. The van der Waals surface area contributed by atoms with Crippen LogP contribution in [-0.4, -0.2) is 69.5 Å². The molecule has 2 aliphatic rings. The van der Waals surface area contributed by atoms with Crippen molar-refractivity contribution in [3.8, 4) is 0 Å². The summed E-state index contributed by atoms with van der Waals surface area (Å²) in [5.41, 5.74) is 1.37. The highest BCUT2D eigenvalue weighted by atomic mass is 16.3. The molecule has 9 heteroatoms. The van der Waals surface area contributed by atoms with Crippen molar-refractivity contribution in [1.29, 1.82) is 0 Å². The van der Waals surface area contributed by atoms with Gasteiger partial charge in [0.1, 0.15) is 17.7 Å². The molecule has 0 saturated carbocycles. The van der Waals surface area contributed by atoms with Crippen molar-refractivity contribution in [2.75, 3.05) is 13.1 Å². The average Bonchev–Trinajstić information content (AvgIpc) is 3.58. The number of rotatable bonds is 7. The molecular formula is C28H30N4O5. The minimum atomic E-state index is -0.813. The van der Waals surface area contributed by atoms with Crippen LogP contribution < -0.4 is 5.32 Å². The number of fused-ring (bicyclic) bond motifs is 2. The van der Waals surface area contributed by atoms with Crippen molar-refractivity contribution in [2.24, 2.45) is 5.92 Å². The lowest BCUT2D eigenvalue weighted by Crippen LogP contribution is -2.53. The second-order valence-electron chi connectivity index (χ2n) is 10.2. The first-order valence-corrected chi connectivity index (χ1v) is 12.6. The first kappa shape index (κ1) is 24.7. The van der Waals surface area contributed by atoms with Crippen LogP contribution in [0, 0.1) is 5.92 Å². The summed E-state index contributed by atoms with van der Waals surface area (Å²) in [6.07, 6.45) is 4.37. The molecule has 1 N–H and O–H groups in total. The van der Waals surface area contributed by atoms with Gasteiger partial charge in [0, 0.05) is 24.3 Å². The van der Waals surface area contributed by atoms with Crippen LogP contribution in [0.25, 0.3) is 11.0 Å². The summed E-state index contributed by atoms with van der Waals surface area (Å²) >= 11 is 0. The zero-order valence-electron chi connectivity index (χ0n) is 20.9. The number of furan rings is 1. The molecule has 4 heterocycles. The zero-order valence-corrected chi connectivity index (χ0v) is 20.9. The second kappa shape index (κ2) is 10.2. The predicted octanol–water partition coefficient (Wildman–Crippen LogP) is 2.60. The summed E-state index contributed by atoms with van der Waals surface area (Å²) < 4.78 is 5.68. The van der Waals surface area contributed by atoms with Crippen LogP contribution in [0.2, 0.25) is 0 Å². The molecule has 2 aromatic heterocycles. The Labute approximate surface area is 214 Å². The van der Waals surface area contributed by atoms with Crippen molar-refractivity contribution in [3.05, 3.63) is 66.2 Å². The highest BCUT2D eigenvalue weighted by molar-refractivity contribution is 6.01. The highest BCUT2D eigenvalue weighted by Gasteiger charge is 2.52. The SMILES string of the molecule is CC(C)CC(NC(=O)c1cc2ccccc2o1)C(=O)N1CCC2C1C(=O)CN2C(=O)Cc1cccnc1.